The van der Waals surface area contributed by atoms with Crippen molar-refractivity contribution in [2.45, 2.75) is 37.8 Å². The number of hydrogen-bond donors (Lipinski definition) is 2. The Bertz CT molecular complexity index is 687. The van der Waals surface area contributed by atoms with Gasteiger partial charge in [-0.05, 0) is 32.9 Å². The molecule has 2 atom stereocenters. The molecule has 0 saturated heterocycles. The van der Waals surface area contributed by atoms with Gasteiger partial charge in [0.15, 0.2) is 6.10 Å². The largest absolute Gasteiger partial charge is 0.451 e. The van der Waals surface area contributed by atoms with E-state index in [1.165, 1.54) is 33.1 Å². The Morgan fingerprint density at radius 2 is 1.76 bits per heavy atom. The third-order valence-electron chi connectivity index (χ3n) is 3.28. The van der Waals surface area contributed by atoms with Gasteiger partial charge in [0.05, 0.1) is 11.5 Å². The Hall–Kier alpha value is -1.97. The minimum Gasteiger partial charge on any atom is -0.451 e. The summed E-state index contributed by atoms with van der Waals surface area (Å²) in [6.07, 6.45) is -1.05. The van der Waals surface area contributed by atoms with Crippen molar-refractivity contribution < 1.29 is 27.5 Å². The Morgan fingerprint density at radius 3 is 2.32 bits per heavy atom. The van der Waals surface area contributed by atoms with Gasteiger partial charge < -0.3 is 14.8 Å². The van der Waals surface area contributed by atoms with Crippen LogP contribution in [0, 0.1) is 6.92 Å². The van der Waals surface area contributed by atoms with E-state index in [-0.39, 0.29) is 11.4 Å². The molecule has 0 saturated carbocycles. The SMILES string of the molecule is COCCNC(=O)[C@H](C)OC(=O)[C@H](C)NS(=O)(=O)c1ccc(C)cc1. The first kappa shape index (κ1) is 21.1. The van der Waals surface area contributed by atoms with Crippen LogP contribution in [0.15, 0.2) is 29.2 Å². The Morgan fingerprint density at radius 1 is 1.16 bits per heavy atom. The van der Waals surface area contributed by atoms with Crippen LogP contribution in [0.1, 0.15) is 19.4 Å². The fourth-order valence-electron chi connectivity index (χ4n) is 1.82. The quantitative estimate of drug-likeness (QED) is 0.478. The van der Waals surface area contributed by atoms with Gasteiger partial charge in [0.25, 0.3) is 5.91 Å². The number of sulfonamides is 1. The highest BCUT2D eigenvalue weighted by atomic mass is 32.2. The monoisotopic (exact) mass is 372 g/mol. The lowest BCUT2D eigenvalue weighted by molar-refractivity contribution is -0.156. The summed E-state index contributed by atoms with van der Waals surface area (Å²) in [6.45, 7) is 5.21. The number of ether oxygens (including phenoxy) is 2. The van der Waals surface area contributed by atoms with E-state index in [1.807, 2.05) is 6.92 Å². The second-order valence-electron chi connectivity index (χ2n) is 5.52. The van der Waals surface area contributed by atoms with Crippen molar-refractivity contribution >= 4 is 21.9 Å². The Balaban J connectivity index is 2.61. The highest BCUT2D eigenvalue weighted by molar-refractivity contribution is 7.89. The van der Waals surface area contributed by atoms with E-state index in [0.29, 0.717) is 6.61 Å². The molecule has 1 amide bonds. The lowest BCUT2D eigenvalue weighted by atomic mass is 10.2. The van der Waals surface area contributed by atoms with Crippen LogP contribution in [0.4, 0.5) is 0 Å². The number of benzene rings is 1. The molecule has 140 valence electrons. The molecule has 1 aromatic rings. The van der Waals surface area contributed by atoms with Crippen molar-refractivity contribution in [3.8, 4) is 0 Å². The van der Waals surface area contributed by atoms with Crippen LogP contribution in [0.2, 0.25) is 0 Å². The average Bonchev–Trinajstić information content (AvgIpc) is 2.54. The standard InChI is InChI=1S/C16H24N2O6S/c1-11-5-7-14(8-6-11)25(21,22)18-12(2)16(20)24-13(3)15(19)17-9-10-23-4/h5-8,12-13,18H,9-10H2,1-4H3,(H,17,19)/t12-,13-/m0/s1. The molecule has 0 aliphatic carbocycles. The van der Waals surface area contributed by atoms with Crippen molar-refractivity contribution in [3.63, 3.8) is 0 Å². The first-order valence-electron chi connectivity index (χ1n) is 7.73. The summed E-state index contributed by atoms with van der Waals surface area (Å²) < 4.78 is 36.5. The number of aryl methyl sites for hydroxylation is 1. The fraction of sp³-hybridized carbons (Fsp3) is 0.500. The number of carbonyl (C=O) groups is 2. The van der Waals surface area contributed by atoms with Crippen molar-refractivity contribution in [2.24, 2.45) is 0 Å². The molecule has 0 radical (unpaired) electrons. The zero-order valence-corrected chi connectivity index (χ0v) is 15.6. The third-order valence-corrected chi connectivity index (χ3v) is 4.84. The van der Waals surface area contributed by atoms with Crippen LogP contribution in [-0.2, 0) is 29.1 Å². The molecule has 25 heavy (non-hydrogen) atoms. The maximum absolute atomic E-state index is 12.2. The molecule has 0 bridgehead atoms. The summed E-state index contributed by atoms with van der Waals surface area (Å²) in [7, 11) is -2.37. The number of hydrogen-bond acceptors (Lipinski definition) is 6. The normalized spacial score (nSPS) is 13.8. The molecule has 0 fully saturated rings. The van der Waals surface area contributed by atoms with Crippen molar-refractivity contribution in [1.82, 2.24) is 10.0 Å². The lowest BCUT2D eigenvalue weighted by Crippen LogP contribution is -2.43. The number of amides is 1. The van der Waals surface area contributed by atoms with Crippen molar-refractivity contribution in [1.29, 1.82) is 0 Å². The highest BCUT2D eigenvalue weighted by Crippen LogP contribution is 2.11. The summed E-state index contributed by atoms with van der Waals surface area (Å²) in [6, 6.07) is 5.07. The number of rotatable bonds is 9. The van der Waals surface area contributed by atoms with Gasteiger partial charge in [-0.1, -0.05) is 17.7 Å². The van der Waals surface area contributed by atoms with Crippen molar-refractivity contribution in [2.75, 3.05) is 20.3 Å². The van der Waals surface area contributed by atoms with E-state index in [2.05, 4.69) is 10.0 Å². The maximum atomic E-state index is 12.2. The number of nitrogens with one attached hydrogen (secondary N) is 2. The van der Waals surface area contributed by atoms with Gasteiger partial charge in [0.1, 0.15) is 6.04 Å². The number of carbonyl (C=O) groups excluding carboxylic acids is 2. The summed E-state index contributed by atoms with van der Waals surface area (Å²) in [5.41, 5.74) is 0.916. The first-order valence-corrected chi connectivity index (χ1v) is 9.22. The summed E-state index contributed by atoms with van der Waals surface area (Å²) in [5.74, 6) is -1.33. The van der Waals surface area contributed by atoms with E-state index >= 15 is 0 Å². The van der Waals surface area contributed by atoms with Gasteiger partial charge in [-0.25, -0.2) is 8.42 Å². The zero-order chi connectivity index (χ0) is 19.0. The molecule has 1 rings (SSSR count). The maximum Gasteiger partial charge on any atom is 0.324 e. The predicted molar refractivity (Wildman–Crippen MR) is 91.4 cm³/mol. The fourth-order valence-corrected chi connectivity index (χ4v) is 3.01. The summed E-state index contributed by atoms with van der Waals surface area (Å²) in [5, 5.41) is 2.53. The van der Waals surface area contributed by atoms with Crippen molar-refractivity contribution in [3.05, 3.63) is 29.8 Å². The van der Waals surface area contributed by atoms with Gasteiger partial charge in [-0.15, -0.1) is 0 Å². The topological polar surface area (TPSA) is 111 Å². The van der Waals surface area contributed by atoms with E-state index in [0.717, 1.165) is 5.56 Å². The first-order chi connectivity index (χ1) is 11.7. The van der Waals surface area contributed by atoms with Crippen LogP contribution >= 0.6 is 0 Å². The number of esters is 1. The van der Waals surface area contributed by atoms with Gasteiger partial charge in [0, 0.05) is 13.7 Å². The number of methoxy groups -OCH3 is 1. The van der Waals surface area contributed by atoms with E-state index in [4.69, 9.17) is 9.47 Å². The van der Waals surface area contributed by atoms with Gasteiger partial charge in [0.2, 0.25) is 10.0 Å². The second kappa shape index (κ2) is 9.50. The van der Waals surface area contributed by atoms with Crippen LogP contribution in [-0.4, -0.2) is 52.7 Å². The molecule has 0 spiro atoms. The van der Waals surface area contributed by atoms with E-state index < -0.39 is 34.0 Å². The third kappa shape index (κ3) is 6.81. The van der Waals surface area contributed by atoms with Crippen LogP contribution in [0.5, 0.6) is 0 Å². The molecule has 0 aliphatic rings. The molecule has 9 heteroatoms. The molecule has 0 unspecified atom stereocenters. The average molecular weight is 372 g/mol. The second-order valence-corrected chi connectivity index (χ2v) is 7.23. The van der Waals surface area contributed by atoms with E-state index in [9.17, 15) is 18.0 Å². The molecule has 2 N–H and O–H groups in total. The van der Waals surface area contributed by atoms with E-state index in [1.54, 1.807) is 12.1 Å². The smallest absolute Gasteiger partial charge is 0.324 e. The molecule has 8 nitrogen and oxygen atoms in total. The minimum absolute atomic E-state index is 0.0445. The summed E-state index contributed by atoms with van der Waals surface area (Å²) in [4.78, 5) is 23.8. The highest BCUT2D eigenvalue weighted by Gasteiger charge is 2.26. The summed E-state index contributed by atoms with van der Waals surface area (Å²) >= 11 is 0. The van der Waals surface area contributed by atoms with Crippen LogP contribution < -0.4 is 10.0 Å². The minimum atomic E-state index is -3.86. The Labute approximate surface area is 147 Å². The zero-order valence-electron chi connectivity index (χ0n) is 14.7. The lowest BCUT2D eigenvalue weighted by Gasteiger charge is -2.17. The van der Waals surface area contributed by atoms with Crippen LogP contribution in [0.3, 0.4) is 0 Å². The van der Waals surface area contributed by atoms with Gasteiger partial charge >= 0.3 is 5.97 Å². The Kier molecular flexibility index (Phi) is 8.01. The predicted octanol–water partition coefficient (Wildman–Crippen LogP) is 0.356. The molecule has 0 aromatic heterocycles. The molecular weight excluding hydrogens is 348 g/mol. The molecular formula is C16H24N2O6S. The molecule has 0 heterocycles. The van der Waals surface area contributed by atoms with Gasteiger partial charge in [-0.2, -0.15) is 4.72 Å². The molecule has 1 aromatic carbocycles. The molecule has 0 aliphatic heterocycles. The van der Waals surface area contributed by atoms with Gasteiger partial charge in [-0.3, -0.25) is 9.59 Å². The van der Waals surface area contributed by atoms with Crippen LogP contribution in [0.25, 0.3) is 0 Å².